The fourth-order valence-corrected chi connectivity index (χ4v) is 4.17. The molecule has 0 radical (unpaired) electrons. The molecule has 0 unspecified atom stereocenters. The summed E-state index contributed by atoms with van der Waals surface area (Å²) in [5.74, 6) is 0.957. The van der Waals surface area contributed by atoms with Gasteiger partial charge in [0.2, 0.25) is 0 Å². The summed E-state index contributed by atoms with van der Waals surface area (Å²) < 4.78 is 16.7. The van der Waals surface area contributed by atoms with Crippen molar-refractivity contribution in [2.75, 3.05) is 13.2 Å². The number of halogens is 1. The molecule has 5 rings (SSSR count). The molecule has 0 bridgehead atoms. The molecule has 4 aromatic rings. The highest BCUT2D eigenvalue weighted by atomic mass is 35.5. The van der Waals surface area contributed by atoms with Crippen molar-refractivity contribution in [2.45, 2.75) is 12.8 Å². The summed E-state index contributed by atoms with van der Waals surface area (Å²) in [6.45, 7) is 0.328. The molecule has 0 amide bonds. The monoisotopic (exact) mass is 445 g/mol. The first-order chi connectivity index (χ1) is 15.7. The number of esters is 1. The van der Waals surface area contributed by atoms with E-state index in [4.69, 9.17) is 30.5 Å². The number of ether oxygens (including phenoxy) is 2. The number of benzene rings is 2. The zero-order chi connectivity index (χ0) is 21.9. The van der Waals surface area contributed by atoms with Crippen LogP contribution in [0.1, 0.15) is 33.8 Å². The van der Waals surface area contributed by atoms with Crippen molar-refractivity contribution in [3.63, 3.8) is 0 Å². The number of allylic oxidation sites excluding steroid dienone is 1. The minimum absolute atomic E-state index is 0.116. The number of fused-ring (bicyclic) bond motifs is 2. The molecule has 5 nitrogen and oxygen atoms in total. The first-order valence-corrected chi connectivity index (χ1v) is 10.8. The number of rotatable bonds is 6. The van der Waals surface area contributed by atoms with Gasteiger partial charge in [0.05, 0.1) is 28.1 Å². The second kappa shape index (κ2) is 8.89. The Morgan fingerprint density at radius 2 is 1.88 bits per heavy atom. The minimum atomic E-state index is -0.373. The van der Waals surface area contributed by atoms with Crippen molar-refractivity contribution in [1.82, 2.24) is 4.98 Å². The summed E-state index contributed by atoms with van der Waals surface area (Å²) in [5, 5.41) is 1.31. The van der Waals surface area contributed by atoms with Gasteiger partial charge in [-0.2, -0.15) is 0 Å². The Morgan fingerprint density at radius 3 is 2.72 bits per heavy atom. The van der Waals surface area contributed by atoms with Crippen molar-refractivity contribution in [2.24, 2.45) is 0 Å². The van der Waals surface area contributed by atoms with Crippen LogP contribution in [0.5, 0.6) is 5.75 Å². The molecule has 0 aliphatic heterocycles. The minimum Gasteiger partial charge on any atom is -0.488 e. The predicted molar refractivity (Wildman–Crippen MR) is 124 cm³/mol. The van der Waals surface area contributed by atoms with Gasteiger partial charge in [-0.05, 0) is 60.4 Å². The Hall–Kier alpha value is -3.57. The second-order valence-corrected chi connectivity index (χ2v) is 7.84. The highest BCUT2D eigenvalue weighted by Gasteiger charge is 2.27. The molecule has 0 spiro atoms. The number of para-hydroxylation sites is 2. The molecule has 1 aliphatic rings. The highest BCUT2D eigenvalue weighted by molar-refractivity contribution is 6.32. The molecule has 0 N–H and O–H groups in total. The zero-order valence-electron chi connectivity index (χ0n) is 17.2. The van der Waals surface area contributed by atoms with E-state index in [1.165, 1.54) is 0 Å². The summed E-state index contributed by atoms with van der Waals surface area (Å²) in [6, 6.07) is 18.6. The van der Waals surface area contributed by atoms with E-state index in [1.807, 2.05) is 54.6 Å². The molecule has 2 heterocycles. The molecular weight excluding hydrogens is 426 g/mol. The van der Waals surface area contributed by atoms with Gasteiger partial charge in [0.15, 0.2) is 0 Å². The first kappa shape index (κ1) is 20.3. The fraction of sp³-hybridized carbons (Fsp3) is 0.154. The standard InChI is InChI=1S/C26H20ClNO4/c27-21-8-2-4-10-23(21)31-14-15-32-26(29)24-19-7-1-3-9-22(19)28-25-17(11-12-20(24)25)16-18-6-5-13-30-18/h1-10,13,16H,11-12,14-15H2. The van der Waals surface area contributed by atoms with Crippen LogP contribution in [0.2, 0.25) is 5.02 Å². The largest absolute Gasteiger partial charge is 0.488 e. The van der Waals surface area contributed by atoms with Crippen LogP contribution < -0.4 is 4.74 Å². The van der Waals surface area contributed by atoms with Gasteiger partial charge in [0, 0.05) is 5.39 Å². The second-order valence-electron chi connectivity index (χ2n) is 7.43. The number of nitrogens with zero attached hydrogens (tertiary/aromatic N) is 1. The first-order valence-electron chi connectivity index (χ1n) is 10.4. The van der Waals surface area contributed by atoms with E-state index in [-0.39, 0.29) is 19.2 Å². The van der Waals surface area contributed by atoms with Crippen molar-refractivity contribution in [3.05, 3.63) is 94.5 Å². The summed E-state index contributed by atoms with van der Waals surface area (Å²) >= 11 is 6.10. The molecule has 1 aliphatic carbocycles. The quantitative estimate of drug-likeness (QED) is 0.261. The molecule has 2 aromatic carbocycles. The van der Waals surface area contributed by atoms with E-state index in [9.17, 15) is 4.79 Å². The van der Waals surface area contributed by atoms with E-state index in [0.29, 0.717) is 16.3 Å². The topological polar surface area (TPSA) is 61.6 Å². The van der Waals surface area contributed by atoms with Gasteiger partial charge in [-0.3, -0.25) is 0 Å². The van der Waals surface area contributed by atoms with Crippen molar-refractivity contribution >= 4 is 40.1 Å². The van der Waals surface area contributed by atoms with Gasteiger partial charge in [0.25, 0.3) is 0 Å². The predicted octanol–water partition coefficient (Wildman–Crippen LogP) is 6.20. The number of hydrogen-bond donors (Lipinski definition) is 0. The van der Waals surface area contributed by atoms with Crippen molar-refractivity contribution in [3.8, 4) is 5.75 Å². The van der Waals surface area contributed by atoms with Gasteiger partial charge >= 0.3 is 5.97 Å². The van der Waals surface area contributed by atoms with Gasteiger partial charge in [-0.1, -0.05) is 41.9 Å². The van der Waals surface area contributed by atoms with Crippen LogP contribution in [-0.2, 0) is 11.2 Å². The molecular formula is C26H20ClNO4. The maximum absolute atomic E-state index is 13.2. The number of hydrogen-bond acceptors (Lipinski definition) is 5. The number of carbonyl (C=O) groups is 1. The molecule has 0 fully saturated rings. The van der Waals surface area contributed by atoms with Crippen LogP contribution in [-0.4, -0.2) is 24.2 Å². The molecule has 160 valence electrons. The van der Waals surface area contributed by atoms with Crippen LogP contribution in [0.25, 0.3) is 22.6 Å². The van der Waals surface area contributed by atoms with Gasteiger partial charge in [-0.25, -0.2) is 9.78 Å². The Labute approximate surface area is 190 Å². The smallest absolute Gasteiger partial charge is 0.339 e. The van der Waals surface area contributed by atoms with Gasteiger partial charge < -0.3 is 13.9 Å². The van der Waals surface area contributed by atoms with E-state index in [1.54, 1.807) is 18.4 Å². The van der Waals surface area contributed by atoms with E-state index in [2.05, 4.69) is 0 Å². The average molecular weight is 446 g/mol. The Bertz CT molecular complexity index is 1310. The lowest BCUT2D eigenvalue weighted by Gasteiger charge is -2.13. The lowest BCUT2D eigenvalue weighted by atomic mass is 10.0. The average Bonchev–Trinajstić information content (AvgIpc) is 3.46. The Kier molecular flexibility index (Phi) is 5.65. The highest BCUT2D eigenvalue weighted by Crippen LogP contribution is 2.37. The van der Waals surface area contributed by atoms with E-state index in [0.717, 1.165) is 46.3 Å². The summed E-state index contributed by atoms with van der Waals surface area (Å²) in [5.41, 5.74) is 4.14. The molecule has 0 saturated heterocycles. The van der Waals surface area contributed by atoms with Crippen molar-refractivity contribution < 1.29 is 18.7 Å². The normalized spacial score (nSPS) is 14.0. The summed E-state index contributed by atoms with van der Waals surface area (Å²) in [7, 11) is 0. The van der Waals surface area contributed by atoms with Crippen molar-refractivity contribution in [1.29, 1.82) is 0 Å². The van der Waals surface area contributed by atoms with Crippen LogP contribution in [0.3, 0.4) is 0 Å². The Morgan fingerprint density at radius 1 is 1.03 bits per heavy atom. The van der Waals surface area contributed by atoms with Crippen LogP contribution >= 0.6 is 11.6 Å². The molecule has 0 atom stereocenters. The number of carbonyl (C=O) groups excluding carboxylic acids is 1. The van der Waals surface area contributed by atoms with E-state index >= 15 is 0 Å². The summed E-state index contributed by atoms with van der Waals surface area (Å²) in [6.07, 6.45) is 5.14. The molecule has 6 heteroatoms. The molecule has 2 aromatic heterocycles. The maximum Gasteiger partial charge on any atom is 0.339 e. The molecule has 32 heavy (non-hydrogen) atoms. The third kappa shape index (κ3) is 3.99. The van der Waals surface area contributed by atoms with Crippen LogP contribution in [0, 0.1) is 0 Å². The van der Waals surface area contributed by atoms with E-state index < -0.39 is 0 Å². The summed E-state index contributed by atoms with van der Waals surface area (Å²) in [4.78, 5) is 18.0. The van der Waals surface area contributed by atoms with Gasteiger partial charge in [-0.15, -0.1) is 0 Å². The lowest BCUT2D eigenvalue weighted by molar-refractivity contribution is 0.0451. The zero-order valence-corrected chi connectivity index (χ0v) is 18.0. The third-order valence-electron chi connectivity index (χ3n) is 5.42. The fourth-order valence-electron chi connectivity index (χ4n) is 3.98. The SMILES string of the molecule is O=C(OCCOc1ccccc1Cl)c1c2c(nc3ccccc13)C(=Cc1ccco1)CC2. The number of furan rings is 1. The number of pyridine rings is 1. The maximum atomic E-state index is 13.2. The Balaban J connectivity index is 1.41. The van der Waals surface area contributed by atoms with Gasteiger partial charge in [0.1, 0.15) is 24.7 Å². The van der Waals surface area contributed by atoms with Crippen LogP contribution in [0.15, 0.2) is 71.3 Å². The third-order valence-corrected chi connectivity index (χ3v) is 5.73. The molecule has 0 saturated carbocycles. The lowest BCUT2D eigenvalue weighted by Crippen LogP contribution is -2.15. The number of aromatic nitrogens is 1. The van der Waals surface area contributed by atoms with Crippen LogP contribution in [0.4, 0.5) is 0 Å².